The summed E-state index contributed by atoms with van der Waals surface area (Å²) < 4.78 is 0. The third-order valence-corrected chi connectivity index (χ3v) is 6.70. The molecule has 166 valence electrons. The number of aliphatic imine (C=N–C) groups is 1. The van der Waals surface area contributed by atoms with Gasteiger partial charge in [-0.15, -0.1) is 11.3 Å². The fourth-order valence-corrected chi connectivity index (χ4v) is 5.14. The van der Waals surface area contributed by atoms with Crippen LogP contribution in [0.2, 0.25) is 0 Å². The second-order valence-electron chi connectivity index (χ2n) is 7.18. The Kier molecular flexibility index (Phi) is 6.03. The van der Waals surface area contributed by atoms with Crippen LogP contribution in [0.4, 0.5) is 16.5 Å². The SMILES string of the molecule is O=C1/C(=C/c2ccccc2[N+](=O)[O-])S/C(=N/c2nc(-c3ccccc3)cs2)N1c1ccccc1. The van der Waals surface area contributed by atoms with E-state index in [-0.39, 0.29) is 11.6 Å². The highest BCUT2D eigenvalue weighted by Gasteiger charge is 2.35. The van der Waals surface area contributed by atoms with Crippen molar-refractivity contribution in [3.8, 4) is 11.3 Å². The monoisotopic (exact) mass is 484 g/mol. The Morgan fingerprint density at radius 1 is 0.941 bits per heavy atom. The largest absolute Gasteiger partial charge is 0.276 e. The molecule has 0 saturated carbocycles. The van der Waals surface area contributed by atoms with Crippen molar-refractivity contribution in [1.29, 1.82) is 0 Å². The molecule has 3 aromatic carbocycles. The van der Waals surface area contributed by atoms with Crippen LogP contribution < -0.4 is 4.90 Å². The molecule has 1 aliphatic rings. The molecule has 0 aliphatic carbocycles. The van der Waals surface area contributed by atoms with Crippen molar-refractivity contribution in [2.24, 2.45) is 4.99 Å². The molecule has 0 atom stereocenters. The number of anilines is 1. The van der Waals surface area contributed by atoms with Crippen LogP contribution in [0.5, 0.6) is 0 Å². The minimum absolute atomic E-state index is 0.0625. The predicted molar refractivity (Wildman–Crippen MR) is 137 cm³/mol. The second-order valence-corrected chi connectivity index (χ2v) is 9.02. The molecule has 0 bridgehead atoms. The molecule has 0 radical (unpaired) electrons. The third-order valence-electron chi connectivity index (χ3n) is 4.99. The van der Waals surface area contributed by atoms with Crippen LogP contribution in [0.15, 0.2) is 100 Å². The number of carbonyl (C=O) groups is 1. The number of amidine groups is 1. The number of thioether (sulfide) groups is 1. The molecule has 0 unspecified atom stereocenters. The summed E-state index contributed by atoms with van der Waals surface area (Å²) in [6.07, 6.45) is 1.54. The van der Waals surface area contributed by atoms with E-state index in [0.717, 1.165) is 11.3 Å². The van der Waals surface area contributed by atoms with Crippen molar-refractivity contribution in [2.45, 2.75) is 0 Å². The molecule has 2 heterocycles. The van der Waals surface area contributed by atoms with E-state index in [1.54, 1.807) is 24.3 Å². The van der Waals surface area contributed by atoms with Gasteiger partial charge in [-0.3, -0.25) is 19.8 Å². The normalized spacial score (nSPS) is 15.9. The van der Waals surface area contributed by atoms with Crippen molar-refractivity contribution < 1.29 is 9.72 Å². The molecule has 1 fully saturated rings. The van der Waals surface area contributed by atoms with Gasteiger partial charge in [0.15, 0.2) is 5.17 Å². The van der Waals surface area contributed by atoms with Crippen LogP contribution in [0, 0.1) is 10.1 Å². The van der Waals surface area contributed by atoms with Gasteiger partial charge in [0.2, 0.25) is 5.13 Å². The fraction of sp³-hybridized carbons (Fsp3) is 0. The van der Waals surface area contributed by atoms with Crippen LogP contribution in [-0.2, 0) is 4.79 Å². The summed E-state index contributed by atoms with van der Waals surface area (Å²) >= 11 is 2.55. The molecule has 4 aromatic rings. The molecule has 1 amide bonds. The van der Waals surface area contributed by atoms with E-state index in [1.807, 2.05) is 66.0 Å². The first-order valence-corrected chi connectivity index (χ1v) is 11.9. The fourth-order valence-electron chi connectivity index (χ4n) is 3.41. The number of carbonyl (C=O) groups excluding carboxylic acids is 1. The van der Waals surface area contributed by atoms with E-state index >= 15 is 0 Å². The van der Waals surface area contributed by atoms with Gasteiger partial charge in [0.1, 0.15) is 0 Å². The average molecular weight is 485 g/mol. The van der Waals surface area contributed by atoms with Gasteiger partial charge in [-0.1, -0.05) is 60.7 Å². The maximum absolute atomic E-state index is 13.4. The van der Waals surface area contributed by atoms with Crippen LogP contribution in [0.1, 0.15) is 5.56 Å². The first-order valence-electron chi connectivity index (χ1n) is 10.2. The number of amides is 1. The van der Waals surface area contributed by atoms with E-state index in [2.05, 4.69) is 9.98 Å². The van der Waals surface area contributed by atoms with E-state index in [1.165, 1.54) is 34.1 Å². The molecule has 1 aliphatic heterocycles. The Bertz CT molecular complexity index is 1430. The number of benzene rings is 3. The minimum atomic E-state index is -0.457. The lowest BCUT2D eigenvalue weighted by atomic mass is 10.1. The first-order chi connectivity index (χ1) is 16.6. The second kappa shape index (κ2) is 9.42. The van der Waals surface area contributed by atoms with Crippen LogP contribution in [-0.4, -0.2) is 21.0 Å². The number of thiazole rings is 1. The maximum atomic E-state index is 13.4. The first kappa shape index (κ1) is 21.7. The molecule has 0 spiro atoms. The van der Waals surface area contributed by atoms with Gasteiger partial charge in [0, 0.05) is 17.0 Å². The number of nitro groups is 1. The molecule has 5 rings (SSSR count). The van der Waals surface area contributed by atoms with E-state index in [9.17, 15) is 14.9 Å². The van der Waals surface area contributed by atoms with Gasteiger partial charge in [0.25, 0.3) is 11.6 Å². The van der Waals surface area contributed by atoms with E-state index in [0.29, 0.717) is 26.5 Å². The average Bonchev–Trinajstić information content (AvgIpc) is 3.45. The zero-order chi connectivity index (χ0) is 23.5. The summed E-state index contributed by atoms with van der Waals surface area (Å²) in [7, 11) is 0. The smallest absolute Gasteiger partial charge is 0.268 e. The molecule has 9 heteroatoms. The van der Waals surface area contributed by atoms with Gasteiger partial charge in [-0.2, -0.15) is 4.99 Å². The highest BCUT2D eigenvalue weighted by atomic mass is 32.2. The molecule has 1 saturated heterocycles. The zero-order valence-electron chi connectivity index (χ0n) is 17.6. The van der Waals surface area contributed by atoms with Crippen LogP contribution in [0.3, 0.4) is 0 Å². The molecule has 34 heavy (non-hydrogen) atoms. The number of hydrogen-bond acceptors (Lipinski definition) is 7. The molecule has 0 N–H and O–H groups in total. The quantitative estimate of drug-likeness (QED) is 0.183. The highest BCUT2D eigenvalue weighted by molar-refractivity contribution is 8.19. The lowest BCUT2D eigenvalue weighted by molar-refractivity contribution is -0.385. The lowest BCUT2D eigenvalue weighted by Gasteiger charge is -2.14. The Morgan fingerprint density at radius 3 is 2.35 bits per heavy atom. The number of para-hydroxylation sites is 2. The Labute approximate surface area is 203 Å². The number of nitro benzene ring substituents is 1. The maximum Gasteiger partial charge on any atom is 0.276 e. The molecular formula is C25H16N4O3S2. The predicted octanol–water partition coefficient (Wildman–Crippen LogP) is 6.53. The van der Waals surface area contributed by atoms with Gasteiger partial charge < -0.3 is 0 Å². The summed E-state index contributed by atoms with van der Waals surface area (Å²) in [5.74, 6) is -0.298. The Morgan fingerprint density at radius 2 is 1.62 bits per heavy atom. The van der Waals surface area contributed by atoms with Crippen molar-refractivity contribution in [3.63, 3.8) is 0 Å². The number of nitrogens with zero attached hydrogens (tertiary/aromatic N) is 4. The van der Waals surface area contributed by atoms with Crippen molar-refractivity contribution in [2.75, 3.05) is 4.90 Å². The standard InChI is InChI=1S/C25H16N4O3S2/c30-23-22(15-18-11-7-8-14-21(18)29(31)32)34-25(28(23)19-12-5-2-6-13-19)27-24-26-20(16-33-24)17-9-3-1-4-10-17/h1-16H/b22-15-,27-25+. The number of rotatable bonds is 5. The van der Waals surface area contributed by atoms with Crippen LogP contribution in [0.25, 0.3) is 17.3 Å². The molecule has 7 nitrogen and oxygen atoms in total. The summed E-state index contributed by atoms with van der Waals surface area (Å²) in [5.41, 5.74) is 2.74. The molecular weight excluding hydrogens is 468 g/mol. The van der Waals surface area contributed by atoms with Gasteiger partial charge in [-0.25, -0.2) is 4.98 Å². The zero-order valence-corrected chi connectivity index (χ0v) is 19.2. The van der Waals surface area contributed by atoms with E-state index in [4.69, 9.17) is 0 Å². The Hall–Kier alpha value is -4.08. The summed E-state index contributed by atoms with van der Waals surface area (Å²) in [4.78, 5) is 35.5. The van der Waals surface area contributed by atoms with Gasteiger partial charge >= 0.3 is 0 Å². The van der Waals surface area contributed by atoms with Gasteiger partial charge in [0.05, 0.1) is 26.8 Å². The highest BCUT2D eigenvalue weighted by Crippen LogP contribution is 2.39. The lowest BCUT2D eigenvalue weighted by Crippen LogP contribution is -2.28. The minimum Gasteiger partial charge on any atom is -0.268 e. The Balaban J connectivity index is 1.55. The summed E-state index contributed by atoms with van der Waals surface area (Å²) in [6, 6.07) is 25.3. The van der Waals surface area contributed by atoms with Crippen LogP contribution >= 0.6 is 23.1 Å². The van der Waals surface area contributed by atoms with Crippen molar-refractivity contribution in [1.82, 2.24) is 4.98 Å². The van der Waals surface area contributed by atoms with E-state index < -0.39 is 4.92 Å². The third kappa shape index (κ3) is 4.39. The van der Waals surface area contributed by atoms with Crippen molar-refractivity contribution >= 4 is 56.8 Å². The topological polar surface area (TPSA) is 88.7 Å². The van der Waals surface area contributed by atoms with Gasteiger partial charge in [-0.05, 0) is 36.0 Å². The summed E-state index contributed by atoms with van der Waals surface area (Å²) in [5, 5.41) is 14.3. The number of aromatic nitrogens is 1. The van der Waals surface area contributed by atoms with Crippen molar-refractivity contribution in [3.05, 3.63) is 111 Å². The summed E-state index contributed by atoms with van der Waals surface area (Å²) in [6.45, 7) is 0. The number of hydrogen-bond donors (Lipinski definition) is 0. The molecule has 1 aromatic heterocycles.